The molecule has 1 aliphatic heterocycles. The Morgan fingerprint density at radius 1 is 1.29 bits per heavy atom. The molecule has 1 aromatic carbocycles. The zero-order chi connectivity index (χ0) is 14.7. The fraction of sp³-hybridized carbons (Fsp3) is 0.353. The van der Waals surface area contributed by atoms with Crippen LogP contribution in [0.1, 0.15) is 31.4 Å². The molecular weight excluding hydrogens is 280 g/mol. The summed E-state index contributed by atoms with van der Waals surface area (Å²) in [6, 6.07) is 12.4. The maximum Gasteiger partial charge on any atom is 0.250 e. The van der Waals surface area contributed by atoms with E-state index < -0.39 is 0 Å². The lowest BCUT2D eigenvalue weighted by Crippen LogP contribution is -2.21. The van der Waals surface area contributed by atoms with Crippen LogP contribution in [0.4, 0.5) is 5.69 Å². The summed E-state index contributed by atoms with van der Waals surface area (Å²) in [4.78, 5) is 13.1. The van der Waals surface area contributed by atoms with Crippen molar-refractivity contribution in [3.05, 3.63) is 58.5 Å². The Kier molecular flexibility index (Phi) is 4.34. The van der Waals surface area contributed by atoms with Crippen LogP contribution in [0.3, 0.4) is 0 Å². The third-order valence-corrected chi connectivity index (χ3v) is 4.87. The highest BCUT2D eigenvalue weighted by atomic mass is 32.2. The highest BCUT2D eigenvalue weighted by Crippen LogP contribution is 2.37. The molecule has 0 amide bonds. The third kappa shape index (κ3) is 3.16. The summed E-state index contributed by atoms with van der Waals surface area (Å²) in [7, 11) is 0. The van der Waals surface area contributed by atoms with Gasteiger partial charge in [-0.1, -0.05) is 25.1 Å². The minimum absolute atomic E-state index is 0.0713. The van der Waals surface area contributed by atoms with Gasteiger partial charge in [-0.3, -0.25) is 4.79 Å². The molecule has 2 heterocycles. The molecule has 110 valence electrons. The molecule has 0 aliphatic carbocycles. The van der Waals surface area contributed by atoms with Gasteiger partial charge < -0.3 is 9.88 Å². The van der Waals surface area contributed by atoms with E-state index in [4.69, 9.17) is 0 Å². The van der Waals surface area contributed by atoms with Crippen molar-refractivity contribution in [2.45, 2.75) is 37.2 Å². The van der Waals surface area contributed by atoms with Crippen molar-refractivity contribution >= 4 is 17.4 Å². The molecule has 0 saturated heterocycles. The van der Waals surface area contributed by atoms with Crippen LogP contribution >= 0.6 is 11.8 Å². The van der Waals surface area contributed by atoms with Gasteiger partial charge in [0.05, 0.1) is 11.7 Å². The second-order valence-corrected chi connectivity index (χ2v) is 6.46. The quantitative estimate of drug-likeness (QED) is 0.929. The smallest absolute Gasteiger partial charge is 0.250 e. The third-order valence-electron chi connectivity index (χ3n) is 3.75. The second-order valence-electron chi connectivity index (χ2n) is 5.32. The first kappa shape index (κ1) is 14.3. The summed E-state index contributed by atoms with van der Waals surface area (Å²) in [5.41, 5.74) is 2.46. The molecule has 0 spiro atoms. The minimum atomic E-state index is 0.0713. The molecule has 1 unspecified atom stereocenters. The molecule has 0 bridgehead atoms. The average molecular weight is 300 g/mol. The van der Waals surface area contributed by atoms with Crippen molar-refractivity contribution in [3.63, 3.8) is 0 Å². The van der Waals surface area contributed by atoms with E-state index in [-0.39, 0.29) is 5.56 Å². The van der Waals surface area contributed by atoms with Gasteiger partial charge in [0, 0.05) is 29.5 Å². The molecule has 21 heavy (non-hydrogen) atoms. The van der Waals surface area contributed by atoms with E-state index in [1.54, 1.807) is 10.6 Å². The molecule has 1 aliphatic rings. The number of rotatable bonds is 4. The number of hydrogen-bond donors (Lipinski definition) is 1. The van der Waals surface area contributed by atoms with Crippen molar-refractivity contribution < 1.29 is 0 Å². The fourth-order valence-corrected chi connectivity index (χ4v) is 3.85. The van der Waals surface area contributed by atoms with Crippen LogP contribution in [0.15, 0.2) is 52.3 Å². The number of aromatic nitrogens is 1. The Morgan fingerprint density at radius 2 is 2.14 bits per heavy atom. The number of anilines is 1. The van der Waals surface area contributed by atoms with Crippen LogP contribution < -0.4 is 10.9 Å². The Bertz CT molecular complexity index is 680. The van der Waals surface area contributed by atoms with E-state index in [0.717, 1.165) is 30.8 Å². The van der Waals surface area contributed by atoms with Crippen LogP contribution in [0.5, 0.6) is 0 Å². The largest absolute Gasteiger partial charge is 0.377 e. The fourth-order valence-electron chi connectivity index (χ4n) is 2.73. The van der Waals surface area contributed by atoms with Crippen LogP contribution in [0.2, 0.25) is 0 Å². The Hall–Kier alpha value is -1.68. The molecule has 0 saturated carbocycles. The van der Waals surface area contributed by atoms with E-state index >= 15 is 0 Å². The summed E-state index contributed by atoms with van der Waals surface area (Å²) in [5, 5.41) is 3.59. The van der Waals surface area contributed by atoms with Gasteiger partial charge in [0.15, 0.2) is 0 Å². The van der Waals surface area contributed by atoms with Crippen molar-refractivity contribution in [2.24, 2.45) is 0 Å². The van der Waals surface area contributed by atoms with Crippen LogP contribution in [0, 0.1) is 0 Å². The predicted octanol–water partition coefficient (Wildman–Crippen LogP) is 3.91. The standard InChI is InChI=1S/C17H20N2OS/c1-2-10-19-12-13(7-8-17(19)20)18-15-9-11-21-16-6-4-3-5-14(15)16/h3-8,12,15,18H,2,9-11H2,1H3. The minimum Gasteiger partial charge on any atom is -0.377 e. The van der Waals surface area contributed by atoms with E-state index in [0.29, 0.717) is 6.04 Å². The number of pyridine rings is 1. The van der Waals surface area contributed by atoms with E-state index in [1.807, 2.05) is 24.0 Å². The van der Waals surface area contributed by atoms with E-state index in [2.05, 4.69) is 36.5 Å². The lowest BCUT2D eigenvalue weighted by molar-refractivity contribution is 0.651. The van der Waals surface area contributed by atoms with Gasteiger partial charge in [0.1, 0.15) is 0 Å². The summed E-state index contributed by atoms with van der Waals surface area (Å²) in [6.45, 7) is 2.85. The summed E-state index contributed by atoms with van der Waals surface area (Å²) in [6.07, 6.45) is 4.01. The monoisotopic (exact) mass is 300 g/mol. The molecule has 3 rings (SSSR count). The lowest BCUT2D eigenvalue weighted by atomic mass is 10.0. The predicted molar refractivity (Wildman–Crippen MR) is 89.1 cm³/mol. The molecule has 0 fully saturated rings. The lowest BCUT2D eigenvalue weighted by Gasteiger charge is -2.27. The molecule has 2 aromatic rings. The SMILES string of the molecule is CCCn1cc(NC2CCSc3ccccc32)ccc1=O. The summed E-state index contributed by atoms with van der Waals surface area (Å²) >= 11 is 1.92. The first-order chi connectivity index (χ1) is 10.3. The normalized spacial score (nSPS) is 17.3. The Balaban J connectivity index is 1.85. The van der Waals surface area contributed by atoms with Gasteiger partial charge in [-0.15, -0.1) is 11.8 Å². The summed E-state index contributed by atoms with van der Waals surface area (Å²) in [5.74, 6) is 1.13. The van der Waals surface area contributed by atoms with Crippen molar-refractivity contribution in [1.82, 2.24) is 4.57 Å². The topological polar surface area (TPSA) is 34.0 Å². The zero-order valence-corrected chi connectivity index (χ0v) is 13.0. The maximum absolute atomic E-state index is 11.8. The van der Waals surface area contributed by atoms with Gasteiger partial charge in [-0.2, -0.15) is 0 Å². The van der Waals surface area contributed by atoms with Crippen molar-refractivity contribution in [1.29, 1.82) is 0 Å². The number of benzene rings is 1. The number of nitrogens with zero attached hydrogens (tertiary/aromatic N) is 1. The second kappa shape index (κ2) is 6.39. The van der Waals surface area contributed by atoms with Crippen LogP contribution in [0.25, 0.3) is 0 Å². The zero-order valence-electron chi connectivity index (χ0n) is 12.2. The molecule has 3 nitrogen and oxygen atoms in total. The first-order valence-electron chi connectivity index (χ1n) is 7.46. The number of thioether (sulfide) groups is 1. The number of aryl methyl sites for hydroxylation is 1. The molecule has 1 atom stereocenters. The Morgan fingerprint density at radius 3 is 3.00 bits per heavy atom. The molecule has 1 N–H and O–H groups in total. The highest BCUT2D eigenvalue weighted by molar-refractivity contribution is 7.99. The van der Waals surface area contributed by atoms with Gasteiger partial charge in [0.25, 0.3) is 5.56 Å². The van der Waals surface area contributed by atoms with Gasteiger partial charge >= 0.3 is 0 Å². The molecule has 4 heteroatoms. The number of hydrogen-bond acceptors (Lipinski definition) is 3. The van der Waals surface area contributed by atoms with E-state index in [9.17, 15) is 4.79 Å². The molecular formula is C17H20N2OS. The molecule has 0 radical (unpaired) electrons. The maximum atomic E-state index is 11.8. The van der Waals surface area contributed by atoms with Crippen molar-refractivity contribution in [2.75, 3.05) is 11.1 Å². The van der Waals surface area contributed by atoms with Gasteiger partial charge in [-0.05, 0) is 30.5 Å². The Labute approximate surface area is 129 Å². The van der Waals surface area contributed by atoms with Gasteiger partial charge in [0.2, 0.25) is 0 Å². The highest BCUT2D eigenvalue weighted by Gasteiger charge is 2.20. The van der Waals surface area contributed by atoms with Crippen molar-refractivity contribution in [3.8, 4) is 0 Å². The van der Waals surface area contributed by atoms with Gasteiger partial charge in [-0.25, -0.2) is 0 Å². The average Bonchev–Trinajstić information content (AvgIpc) is 2.51. The van der Waals surface area contributed by atoms with E-state index in [1.165, 1.54) is 10.5 Å². The molecule has 1 aromatic heterocycles. The van der Waals surface area contributed by atoms with Crippen LogP contribution in [-0.2, 0) is 6.54 Å². The summed E-state index contributed by atoms with van der Waals surface area (Å²) < 4.78 is 1.78. The van der Waals surface area contributed by atoms with Crippen LogP contribution in [-0.4, -0.2) is 10.3 Å². The number of nitrogens with one attached hydrogen (secondary N) is 1. The first-order valence-corrected chi connectivity index (χ1v) is 8.45. The number of fused-ring (bicyclic) bond motifs is 1.